The molecule has 0 bridgehead atoms. The molecule has 0 heterocycles. The van der Waals surface area contributed by atoms with Gasteiger partial charge in [0, 0.05) is 13.8 Å². The Hall–Kier alpha value is -2.45. The molecule has 23 heavy (non-hydrogen) atoms. The maximum Gasteiger partial charge on any atom is 0.305 e. The molecule has 2 atom stereocenters. The maximum atomic E-state index is 12.2. The average Bonchev–Trinajstić information content (AvgIpc) is 2.40. The van der Waals surface area contributed by atoms with Gasteiger partial charge in [-0.25, -0.2) is 0 Å². The predicted molar refractivity (Wildman–Crippen MR) is 78.3 cm³/mol. The van der Waals surface area contributed by atoms with E-state index in [1.807, 2.05) is 0 Å². The van der Waals surface area contributed by atoms with Gasteiger partial charge in [-0.15, -0.1) is 0 Å². The van der Waals surface area contributed by atoms with Crippen molar-refractivity contribution in [3.63, 3.8) is 0 Å². The summed E-state index contributed by atoms with van der Waals surface area (Å²) < 4.78 is 4.52. The van der Waals surface area contributed by atoms with Gasteiger partial charge in [-0.3, -0.25) is 24.0 Å². The zero-order valence-electron chi connectivity index (χ0n) is 13.5. The highest BCUT2D eigenvalue weighted by atomic mass is 16.5. The minimum absolute atomic E-state index is 0.270. The van der Waals surface area contributed by atoms with E-state index in [1.165, 1.54) is 6.92 Å². The third kappa shape index (κ3) is 8.54. The van der Waals surface area contributed by atoms with Crippen LogP contribution in [0.25, 0.3) is 0 Å². The number of rotatable bonds is 9. The third-order valence-corrected chi connectivity index (χ3v) is 2.81. The number of aliphatic carboxylic acids is 1. The second-order valence-electron chi connectivity index (χ2n) is 5.33. The van der Waals surface area contributed by atoms with E-state index in [0.29, 0.717) is 0 Å². The van der Waals surface area contributed by atoms with E-state index in [1.54, 1.807) is 13.8 Å². The monoisotopic (exact) mass is 330 g/mol. The Morgan fingerprint density at radius 3 is 2.00 bits per heavy atom. The Labute approximate surface area is 133 Å². The van der Waals surface area contributed by atoms with Crippen molar-refractivity contribution in [3.05, 3.63) is 0 Å². The second-order valence-corrected chi connectivity index (χ2v) is 5.33. The number of hydrogen-bond donors (Lipinski definition) is 3. The smallest absolute Gasteiger partial charge is 0.305 e. The molecule has 2 unspecified atom stereocenters. The fraction of sp³-hybridized carbons (Fsp3) is 0.643. The molecule has 0 saturated heterocycles. The van der Waals surface area contributed by atoms with Crippen LogP contribution in [0.15, 0.2) is 0 Å². The molecule has 9 heteroatoms. The van der Waals surface area contributed by atoms with Crippen molar-refractivity contribution < 1.29 is 33.8 Å². The van der Waals surface area contributed by atoms with Crippen molar-refractivity contribution in [2.45, 2.75) is 46.2 Å². The minimum atomic E-state index is -1.35. The molecule has 0 rings (SSSR count). The van der Waals surface area contributed by atoms with Crippen molar-refractivity contribution in [1.29, 1.82) is 0 Å². The summed E-state index contributed by atoms with van der Waals surface area (Å²) in [6.07, 6.45) is -0.656. The van der Waals surface area contributed by atoms with Gasteiger partial charge in [-0.2, -0.15) is 0 Å². The maximum absolute atomic E-state index is 12.2. The Morgan fingerprint density at radius 2 is 1.61 bits per heavy atom. The van der Waals surface area contributed by atoms with Crippen LogP contribution in [0.2, 0.25) is 0 Å². The van der Waals surface area contributed by atoms with Crippen LogP contribution >= 0.6 is 0 Å². The number of nitrogens with one attached hydrogen (secondary N) is 2. The van der Waals surface area contributed by atoms with Crippen LogP contribution in [0.1, 0.15) is 34.1 Å². The Balaban J connectivity index is 5.01. The molecule has 0 aliphatic heterocycles. The largest absolute Gasteiger partial charge is 0.481 e. The molecule has 0 spiro atoms. The molecule has 2 amide bonds. The van der Waals surface area contributed by atoms with Gasteiger partial charge in [0.1, 0.15) is 12.1 Å². The van der Waals surface area contributed by atoms with E-state index < -0.39 is 54.6 Å². The lowest BCUT2D eigenvalue weighted by molar-refractivity contribution is -0.147. The van der Waals surface area contributed by atoms with E-state index in [4.69, 9.17) is 5.11 Å². The van der Waals surface area contributed by atoms with Crippen LogP contribution < -0.4 is 10.6 Å². The lowest BCUT2D eigenvalue weighted by Crippen LogP contribution is -2.54. The number of esters is 1. The molecule has 130 valence electrons. The molecule has 3 N–H and O–H groups in total. The van der Waals surface area contributed by atoms with Gasteiger partial charge >= 0.3 is 11.9 Å². The number of ether oxygens (including phenoxy) is 1. The van der Waals surface area contributed by atoms with Crippen LogP contribution in [-0.4, -0.2) is 53.3 Å². The number of carbonyl (C=O) groups is 5. The Morgan fingerprint density at radius 1 is 1.04 bits per heavy atom. The van der Waals surface area contributed by atoms with E-state index in [-0.39, 0.29) is 5.92 Å². The SMILES string of the molecule is CC(=O)NC(C(=O)NC(CC(=O)O)C(=O)COC(C)=O)C(C)C. The van der Waals surface area contributed by atoms with Crippen LogP contribution in [0.3, 0.4) is 0 Å². The molecular formula is C14H22N2O7. The molecule has 0 aliphatic rings. The number of ketones is 1. The van der Waals surface area contributed by atoms with Gasteiger partial charge in [-0.05, 0) is 5.92 Å². The van der Waals surface area contributed by atoms with Crippen LogP contribution in [0, 0.1) is 5.92 Å². The average molecular weight is 330 g/mol. The lowest BCUT2D eigenvalue weighted by atomic mass is 10.0. The molecule has 0 saturated carbocycles. The highest BCUT2D eigenvalue weighted by Crippen LogP contribution is 2.04. The number of carboxylic acid groups (broad SMARTS) is 1. The number of carbonyl (C=O) groups excluding carboxylic acids is 4. The van der Waals surface area contributed by atoms with E-state index in [9.17, 15) is 24.0 Å². The van der Waals surface area contributed by atoms with Gasteiger partial charge in [0.25, 0.3) is 0 Å². The van der Waals surface area contributed by atoms with Gasteiger partial charge in [0.2, 0.25) is 11.8 Å². The van der Waals surface area contributed by atoms with Crippen LogP contribution in [-0.2, 0) is 28.7 Å². The Bertz CT molecular complexity index is 488. The molecule has 0 aromatic rings. The number of Topliss-reactive ketones (excluding diaryl/α,β-unsaturated/α-hetero) is 1. The predicted octanol–water partition coefficient (Wildman–Crippen LogP) is -0.761. The minimum Gasteiger partial charge on any atom is -0.481 e. The first-order valence-corrected chi connectivity index (χ1v) is 7.00. The van der Waals surface area contributed by atoms with Crippen LogP contribution in [0.4, 0.5) is 0 Å². The molecular weight excluding hydrogens is 308 g/mol. The highest BCUT2D eigenvalue weighted by molar-refractivity contribution is 5.95. The molecule has 0 aromatic heterocycles. The van der Waals surface area contributed by atoms with Crippen molar-refractivity contribution in [2.24, 2.45) is 5.92 Å². The zero-order chi connectivity index (χ0) is 18.2. The summed E-state index contributed by atoms with van der Waals surface area (Å²) >= 11 is 0. The molecule has 0 aromatic carbocycles. The lowest BCUT2D eigenvalue weighted by Gasteiger charge is -2.24. The first kappa shape index (κ1) is 20.6. The quantitative estimate of drug-likeness (QED) is 0.472. The third-order valence-electron chi connectivity index (χ3n) is 2.81. The normalized spacial score (nSPS) is 12.9. The summed E-state index contributed by atoms with van der Waals surface area (Å²) in [6.45, 7) is 5.08. The van der Waals surface area contributed by atoms with Gasteiger partial charge in [0.05, 0.1) is 6.42 Å². The fourth-order valence-corrected chi connectivity index (χ4v) is 1.71. The van der Waals surface area contributed by atoms with Gasteiger partial charge in [0.15, 0.2) is 12.4 Å². The molecule has 9 nitrogen and oxygen atoms in total. The molecule has 0 aliphatic carbocycles. The number of amides is 2. The van der Waals surface area contributed by atoms with E-state index in [2.05, 4.69) is 15.4 Å². The van der Waals surface area contributed by atoms with Crippen molar-refractivity contribution in [3.8, 4) is 0 Å². The Kier molecular flexibility index (Phi) is 8.53. The summed E-state index contributed by atoms with van der Waals surface area (Å²) in [7, 11) is 0. The van der Waals surface area contributed by atoms with Gasteiger partial charge < -0.3 is 20.5 Å². The van der Waals surface area contributed by atoms with E-state index >= 15 is 0 Å². The first-order chi connectivity index (χ1) is 10.5. The van der Waals surface area contributed by atoms with Crippen molar-refractivity contribution in [1.82, 2.24) is 10.6 Å². The first-order valence-electron chi connectivity index (χ1n) is 7.00. The van der Waals surface area contributed by atoms with Crippen molar-refractivity contribution >= 4 is 29.5 Å². The fourth-order valence-electron chi connectivity index (χ4n) is 1.71. The summed E-state index contributed by atoms with van der Waals surface area (Å²) in [6, 6.07) is -2.26. The highest BCUT2D eigenvalue weighted by Gasteiger charge is 2.29. The summed E-state index contributed by atoms with van der Waals surface area (Å²) in [5.74, 6) is -4.13. The summed E-state index contributed by atoms with van der Waals surface area (Å²) in [5.41, 5.74) is 0. The summed E-state index contributed by atoms with van der Waals surface area (Å²) in [4.78, 5) is 56.7. The second kappa shape index (κ2) is 9.54. The standard InChI is InChI=1S/C14H22N2O7/c1-7(2)13(15-8(3)17)14(22)16-10(5-12(20)21)11(19)6-23-9(4)18/h7,10,13H,5-6H2,1-4H3,(H,15,17)(H,16,22)(H,20,21). The van der Waals surface area contributed by atoms with Gasteiger partial charge in [-0.1, -0.05) is 13.8 Å². The topological polar surface area (TPSA) is 139 Å². The number of carboxylic acids is 1. The zero-order valence-corrected chi connectivity index (χ0v) is 13.5. The van der Waals surface area contributed by atoms with Crippen LogP contribution in [0.5, 0.6) is 0 Å². The molecule has 0 radical (unpaired) electrons. The molecule has 0 fully saturated rings. The number of hydrogen-bond acceptors (Lipinski definition) is 6. The van der Waals surface area contributed by atoms with Crippen molar-refractivity contribution in [2.75, 3.05) is 6.61 Å². The van der Waals surface area contributed by atoms with E-state index in [0.717, 1.165) is 6.92 Å². The summed E-state index contributed by atoms with van der Waals surface area (Å²) in [5, 5.41) is 13.6.